The Labute approximate surface area is 75.4 Å². The Kier molecular flexibility index (Phi) is 2.79. The van der Waals surface area contributed by atoms with Crippen molar-refractivity contribution >= 4 is 5.97 Å². The summed E-state index contributed by atoms with van der Waals surface area (Å²) in [5.41, 5.74) is 0.348. The predicted molar refractivity (Wildman–Crippen MR) is 42.3 cm³/mol. The third-order valence-electron chi connectivity index (χ3n) is 1.34. The highest BCUT2D eigenvalue weighted by atomic mass is 16.5. The quantitative estimate of drug-likeness (QED) is 0.631. The van der Waals surface area contributed by atoms with Crippen molar-refractivity contribution in [3.63, 3.8) is 0 Å². The van der Waals surface area contributed by atoms with Crippen molar-refractivity contribution < 1.29 is 14.6 Å². The van der Waals surface area contributed by atoms with Gasteiger partial charge in [-0.15, -0.1) is 0 Å². The number of hydrogen-bond acceptors (Lipinski definition) is 5. The lowest BCUT2D eigenvalue weighted by atomic mass is 10.4. The first-order valence-corrected chi connectivity index (χ1v) is 3.83. The van der Waals surface area contributed by atoms with Crippen LogP contribution in [0, 0.1) is 6.92 Å². The Morgan fingerprint density at radius 3 is 2.92 bits per heavy atom. The molecule has 5 heteroatoms. The van der Waals surface area contributed by atoms with E-state index in [4.69, 9.17) is 4.74 Å². The van der Waals surface area contributed by atoms with E-state index in [-0.39, 0.29) is 11.6 Å². The lowest BCUT2D eigenvalue weighted by Gasteiger charge is -2.08. The summed E-state index contributed by atoms with van der Waals surface area (Å²) in [5, 5.41) is 10.5. The Morgan fingerprint density at radius 2 is 2.38 bits per heavy atom. The van der Waals surface area contributed by atoms with Crippen molar-refractivity contribution in [1.82, 2.24) is 9.97 Å². The van der Waals surface area contributed by atoms with Gasteiger partial charge in [-0.3, -0.25) is 0 Å². The summed E-state index contributed by atoms with van der Waals surface area (Å²) in [7, 11) is 0. The fourth-order valence-electron chi connectivity index (χ4n) is 0.833. The Bertz CT molecular complexity index is 325. The number of carbonyl (C=O) groups is 1. The average Bonchev–Trinajstić information content (AvgIpc) is 2.04. The van der Waals surface area contributed by atoms with Crippen molar-refractivity contribution in [2.24, 2.45) is 0 Å². The van der Waals surface area contributed by atoms with Crippen LogP contribution in [0.4, 0.5) is 0 Å². The minimum atomic E-state index is -1.38. The van der Waals surface area contributed by atoms with Crippen molar-refractivity contribution in [3.05, 3.63) is 17.6 Å². The lowest BCUT2D eigenvalue weighted by Crippen LogP contribution is -2.25. The molecule has 0 aliphatic carbocycles. The highest BCUT2D eigenvalue weighted by Crippen LogP contribution is 2.11. The third-order valence-corrected chi connectivity index (χ3v) is 1.34. The molecule has 13 heavy (non-hydrogen) atoms. The molecule has 70 valence electrons. The fourth-order valence-corrected chi connectivity index (χ4v) is 0.833. The summed E-state index contributed by atoms with van der Waals surface area (Å²) < 4.78 is 4.98. The van der Waals surface area contributed by atoms with Crippen LogP contribution < -0.4 is 9.84 Å². The number of rotatable bonds is 3. The molecule has 1 heterocycles. The van der Waals surface area contributed by atoms with E-state index in [0.717, 1.165) is 0 Å². The van der Waals surface area contributed by atoms with Gasteiger partial charge in [0.25, 0.3) is 0 Å². The van der Waals surface area contributed by atoms with Gasteiger partial charge >= 0.3 is 0 Å². The van der Waals surface area contributed by atoms with Gasteiger partial charge in [-0.1, -0.05) is 0 Å². The summed E-state index contributed by atoms with van der Waals surface area (Å²) in [5.74, 6) is -1.36. The van der Waals surface area contributed by atoms with Crippen LogP contribution in [0.5, 0.6) is 5.88 Å². The van der Waals surface area contributed by atoms with E-state index in [0.29, 0.717) is 12.3 Å². The first-order chi connectivity index (χ1) is 6.15. The second-order valence-electron chi connectivity index (χ2n) is 2.39. The molecule has 0 bridgehead atoms. The zero-order chi connectivity index (χ0) is 9.84. The highest BCUT2D eigenvalue weighted by Gasteiger charge is 2.07. The third kappa shape index (κ3) is 2.14. The summed E-state index contributed by atoms with van der Waals surface area (Å²) in [6, 6.07) is 0. The van der Waals surface area contributed by atoms with E-state index >= 15 is 0 Å². The average molecular weight is 181 g/mol. The number of aromatic carboxylic acids is 1. The van der Waals surface area contributed by atoms with Crippen LogP contribution in [-0.2, 0) is 0 Å². The second kappa shape index (κ2) is 3.84. The molecule has 0 N–H and O–H groups in total. The molecule has 0 fully saturated rings. The molecular weight excluding hydrogens is 172 g/mol. The molecule has 0 aliphatic heterocycles. The fraction of sp³-hybridized carbons (Fsp3) is 0.375. The maximum absolute atomic E-state index is 10.5. The van der Waals surface area contributed by atoms with E-state index < -0.39 is 5.97 Å². The number of hydrogen-bond donors (Lipinski definition) is 0. The van der Waals surface area contributed by atoms with E-state index in [1.165, 1.54) is 6.20 Å². The number of aryl methyl sites for hydroxylation is 1. The van der Waals surface area contributed by atoms with Crippen LogP contribution in [-0.4, -0.2) is 22.5 Å². The topological polar surface area (TPSA) is 75.1 Å². The number of aromatic nitrogens is 2. The van der Waals surface area contributed by atoms with Gasteiger partial charge < -0.3 is 14.6 Å². The van der Waals surface area contributed by atoms with E-state index in [2.05, 4.69) is 9.97 Å². The van der Waals surface area contributed by atoms with Gasteiger partial charge in [0.15, 0.2) is 0 Å². The number of nitrogens with zero attached hydrogens (tertiary/aromatic N) is 2. The van der Waals surface area contributed by atoms with Gasteiger partial charge in [-0.2, -0.15) is 0 Å². The van der Waals surface area contributed by atoms with E-state index in [1.807, 2.05) is 0 Å². The number of carbonyl (C=O) groups excluding carboxylic acids is 1. The van der Waals surface area contributed by atoms with Crippen molar-refractivity contribution in [2.75, 3.05) is 6.61 Å². The largest absolute Gasteiger partial charge is 0.543 e. The molecule has 0 saturated heterocycles. The van der Waals surface area contributed by atoms with Crippen molar-refractivity contribution in [1.29, 1.82) is 0 Å². The van der Waals surface area contributed by atoms with Crippen LogP contribution in [0.1, 0.15) is 23.1 Å². The summed E-state index contributed by atoms with van der Waals surface area (Å²) in [6.07, 6.45) is 1.35. The van der Waals surface area contributed by atoms with Gasteiger partial charge in [0.2, 0.25) is 5.88 Å². The first-order valence-electron chi connectivity index (χ1n) is 3.83. The molecule has 0 amide bonds. The molecule has 0 spiro atoms. The minimum Gasteiger partial charge on any atom is -0.543 e. The van der Waals surface area contributed by atoms with Crippen molar-refractivity contribution in [3.8, 4) is 5.88 Å². The Morgan fingerprint density at radius 1 is 1.69 bits per heavy atom. The highest BCUT2D eigenvalue weighted by molar-refractivity contribution is 5.85. The molecule has 0 saturated carbocycles. The van der Waals surface area contributed by atoms with Crippen LogP contribution in [0.3, 0.4) is 0 Å². The molecule has 0 aromatic carbocycles. The van der Waals surface area contributed by atoms with E-state index in [9.17, 15) is 9.90 Å². The lowest BCUT2D eigenvalue weighted by molar-refractivity contribution is -0.255. The molecule has 1 aromatic rings. The summed E-state index contributed by atoms with van der Waals surface area (Å²) in [4.78, 5) is 18.0. The van der Waals surface area contributed by atoms with E-state index in [1.54, 1.807) is 13.8 Å². The maximum Gasteiger partial charge on any atom is 0.242 e. The molecule has 5 nitrogen and oxygen atoms in total. The molecule has 0 aliphatic rings. The first kappa shape index (κ1) is 9.44. The van der Waals surface area contributed by atoms with Crippen LogP contribution in [0.15, 0.2) is 6.20 Å². The van der Waals surface area contributed by atoms with Gasteiger partial charge in [0.1, 0.15) is 5.69 Å². The smallest absolute Gasteiger partial charge is 0.242 e. The molecule has 0 radical (unpaired) electrons. The molecule has 1 aromatic heterocycles. The van der Waals surface area contributed by atoms with Crippen LogP contribution >= 0.6 is 0 Å². The number of carboxylic acids is 1. The van der Waals surface area contributed by atoms with Gasteiger partial charge in [0, 0.05) is 6.20 Å². The molecule has 0 atom stereocenters. The second-order valence-corrected chi connectivity index (χ2v) is 2.39. The zero-order valence-corrected chi connectivity index (χ0v) is 7.40. The number of carboxylic acid groups (broad SMARTS) is 1. The van der Waals surface area contributed by atoms with Gasteiger partial charge in [0.05, 0.1) is 18.3 Å². The molecule has 1 rings (SSSR count). The Hall–Kier alpha value is -1.65. The predicted octanol–water partition coefficient (Wildman–Crippen LogP) is -0.453. The van der Waals surface area contributed by atoms with Gasteiger partial charge in [-0.25, -0.2) is 9.97 Å². The SMILES string of the molecule is CCOc1nc(C)cnc1C(=O)[O-]. The Balaban J connectivity index is 3.10. The van der Waals surface area contributed by atoms with Crippen LogP contribution in [0.2, 0.25) is 0 Å². The van der Waals surface area contributed by atoms with Crippen molar-refractivity contribution in [2.45, 2.75) is 13.8 Å². The maximum atomic E-state index is 10.5. The molecular formula is C8H9N2O3-. The normalized spacial score (nSPS) is 9.69. The summed E-state index contributed by atoms with van der Waals surface area (Å²) in [6.45, 7) is 3.79. The summed E-state index contributed by atoms with van der Waals surface area (Å²) >= 11 is 0. The minimum absolute atomic E-state index is 0.0162. The van der Waals surface area contributed by atoms with Gasteiger partial charge in [-0.05, 0) is 13.8 Å². The molecule has 0 unspecified atom stereocenters. The standard InChI is InChI=1S/C8H10N2O3/c1-3-13-7-6(8(11)12)9-4-5(2)10-7/h4H,3H2,1-2H3,(H,11,12)/p-1. The number of ether oxygens (including phenoxy) is 1. The van der Waals surface area contributed by atoms with Crippen LogP contribution in [0.25, 0.3) is 0 Å². The zero-order valence-electron chi connectivity index (χ0n) is 7.40. The monoisotopic (exact) mass is 181 g/mol.